The van der Waals surface area contributed by atoms with Gasteiger partial charge in [-0.25, -0.2) is 0 Å². The number of hydrogen-bond acceptors (Lipinski definition) is 2. The van der Waals surface area contributed by atoms with Gasteiger partial charge in [0.1, 0.15) is 11.5 Å². The summed E-state index contributed by atoms with van der Waals surface area (Å²) >= 11 is 0. The summed E-state index contributed by atoms with van der Waals surface area (Å²) in [5.74, 6) is 0.564. The Balaban J connectivity index is -0.0000000243. The summed E-state index contributed by atoms with van der Waals surface area (Å²) in [5, 5.41) is 18.3. The third-order valence-electron chi connectivity index (χ3n) is 2.28. The number of aromatic hydroxyl groups is 2. The average molecular weight is 565 g/mol. The minimum absolute atomic E-state index is 0. The first-order chi connectivity index (χ1) is 9.24. The van der Waals surface area contributed by atoms with Crippen molar-refractivity contribution in [2.24, 2.45) is 0 Å². The van der Waals surface area contributed by atoms with Crippen molar-refractivity contribution in [2.75, 3.05) is 0 Å². The van der Waals surface area contributed by atoms with E-state index < -0.39 is 0 Å². The summed E-state index contributed by atoms with van der Waals surface area (Å²) in [6.07, 6.45) is 0.806. The van der Waals surface area contributed by atoms with Gasteiger partial charge in [0.05, 0.1) is 0 Å². The molecule has 2 N–H and O–H groups in total. The second-order valence-corrected chi connectivity index (χ2v) is 3.51. The summed E-state index contributed by atoms with van der Waals surface area (Å²) in [7, 11) is 0. The Bertz CT molecular complexity index is 398. The summed E-state index contributed by atoms with van der Waals surface area (Å²) in [6, 6.07) is 14.3. The largest absolute Gasteiger partial charge is 0.508 e. The number of phenolic OH excluding ortho intramolecular Hbond substituents is 2. The molecule has 2 nitrogen and oxygen atoms in total. The second kappa shape index (κ2) is 46.5. The zero-order chi connectivity index (χ0) is 14.7. The van der Waals surface area contributed by atoms with Crippen LogP contribution in [0.4, 0.5) is 0 Å². The van der Waals surface area contributed by atoms with E-state index in [0.717, 1.165) is 17.5 Å². The molecule has 0 aliphatic carbocycles. The molecule has 0 fully saturated rings. The molecule has 0 saturated carbocycles. The van der Waals surface area contributed by atoms with Crippen molar-refractivity contribution in [2.45, 2.75) is 78.7 Å². The SMILES string of the molecule is C.C.C.C.C.C.CC.CC.Oc1ccc(Cc2ccc(O)cc2)cc1.[CH3-].[CH3-].[Y].[Y]. The van der Waals surface area contributed by atoms with Gasteiger partial charge in [-0.2, -0.15) is 0 Å². The molecule has 2 aromatic carbocycles. The first-order valence-corrected chi connectivity index (χ1v) is 6.80. The Kier molecular flexibility index (Phi) is 112. The van der Waals surface area contributed by atoms with Crippen LogP contribution in [-0.4, -0.2) is 10.2 Å². The molecule has 0 unspecified atom stereocenters. The van der Waals surface area contributed by atoms with E-state index in [-0.39, 0.29) is 136 Å². The third-order valence-corrected chi connectivity index (χ3v) is 2.28. The van der Waals surface area contributed by atoms with E-state index in [1.54, 1.807) is 24.3 Å². The van der Waals surface area contributed by atoms with E-state index in [0.29, 0.717) is 0 Å². The average Bonchev–Trinajstić information content (AvgIpc) is 2.48. The van der Waals surface area contributed by atoms with Crippen molar-refractivity contribution in [3.8, 4) is 11.5 Å². The topological polar surface area (TPSA) is 40.5 Å². The fraction of sp³-hybridized carbons (Fsp3) is 0.440. The number of phenols is 2. The van der Waals surface area contributed by atoms with E-state index in [1.807, 2.05) is 52.0 Å². The van der Waals surface area contributed by atoms with Crippen LogP contribution in [0.1, 0.15) is 83.4 Å². The predicted octanol–water partition coefficient (Wildman–Crippen LogP) is 9.45. The summed E-state index contributed by atoms with van der Waals surface area (Å²) in [5.41, 5.74) is 2.27. The molecule has 0 aliphatic rings. The zero-order valence-electron chi connectivity index (χ0n) is 15.4. The van der Waals surface area contributed by atoms with Crippen molar-refractivity contribution in [3.05, 3.63) is 74.5 Å². The van der Waals surface area contributed by atoms with Crippen molar-refractivity contribution in [1.29, 1.82) is 0 Å². The van der Waals surface area contributed by atoms with Gasteiger partial charge in [-0.15, -0.1) is 0 Å². The molecule has 0 saturated heterocycles. The molecule has 2 radical (unpaired) electrons. The number of hydrogen-bond donors (Lipinski definition) is 2. The standard InChI is InChI=1S/C13H12O2.2C2H6.6CH4.2CH3.2Y/c14-12-5-1-10(2-6-12)9-11-3-7-13(15)8-4-11;2*1-2;;;;;;;;;;/h1-8,14-15H,9H2;2*1-2H3;6*1H4;2*1H3;;/q;;;;;;;;;2*-1;;. The molecule has 0 aliphatic heterocycles. The summed E-state index contributed by atoms with van der Waals surface area (Å²) < 4.78 is 0. The van der Waals surface area contributed by atoms with Crippen LogP contribution in [0.5, 0.6) is 11.5 Å². The Labute approximate surface area is 238 Å². The van der Waals surface area contributed by atoms with Crippen molar-refractivity contribution < 1.29 is 75.6 Å². The van der Waals surface area contributed by atoms with Gasteiger partial charge in [0.2, 0.25) is 0 Å². The van der Waals surface area contributed by atoms with Crippen LogP contribution in [0.25, 0.3) is 0 Å². The van der Waals surface area contributed by atoms with E-state index in [1.165, 1.54) is 0 Å². The maximum absolute atomic E-state index is 9.13. The van der Waals surface area contributed by atoms with Crippen molar-refractivity contribution in [3.63, 3.8) is 0 Å². The molecular formula is C25H54O2Y2-2. The van der Waals surface area contributed by atoms with Gasteiger partial charge in [0.15, 0.2) is 0 Å². The van der Waals surface area contributed by atoms with Gasteiger partial charge >= 0.3 is 0 Å². The molecule has 0 bridgehead atoms. The number of rotatable bonds is 2. The molecule has 0 spiro atoms. The van der Waals surface area contributed by atoms with E-state index in [4.69, 9.17) is 10.2 Å². The Morgan fingerprint density at radius 1 is 0.483 bits per heavy atom. The third kappa shape index (κ3) is 33.1. The quantitative estimate of drug-likeness (QED) is 0.357. The van der Waals surface area contributed by atoms with E-state index in [2.05, 4.69) is 0 Å². The predicted molar refractivity (Wildman–Crippen MR) is 135 cm³/mol. The van der Waals surface area contributed by atoms with Gasteiger partial charge in [0.25, 0.3) is 0 Å². The molecule has 2 rings (SSSR count). The van der Waals surface area contributed by atoms with Crippen molar-refractivity contribution >= 4 is 0 Å². The summed E-state index contributed by atoms with van der Waals surface area (Å²) in [4.78, 5) is 0. The summed E-state index contributed by atoms with van der Waals surface area (Å²) in [6.45, 7) is 8.00. The van der Waals surface area contributed by atoms with E-state index >= 15 is 0 Å². The molecule has 0 amide bonds. The van der Waals surface area contributed by atoms with Gasteiger partial charge in [-0.1, -0.05) is 96.5 Å². The minimum atomic E-state index is 0. The van der Waals surface area contributed by atoms with Crippen LogP contribution >= 0.6 is 0 Å². The Morgan fingerprint density at radius 2 is 0.655 bits per heavy atom. The monoisotopic (exact) mass is 564 g/mol. The molecule has 0 aromatic heterocycles. The first kappa shape index (κ1) is 70.1. The van der Waals surface area contributed by atoms with Gasteiger partial charge in [-0.3, -0.25) is 0 Å². The normalized spacial score (nSPS) is 5.66. The molecule has 0 atom stereocenters. The number of benzene rings is 2. The Morgan fingerprint density at radius 3 is 0.828 bits per heavy atom. The maximum Gasteiger partial charge on any atom is 0.115 e. The van der Waals surface area contributed by atoms with E-state index in [9.17, 15) is 0 Å². The van der Waals surface area contributed by atoms with Crippen molar-refractivity contribution in [1.82, 2.24) is 0 Å². The smallest absolute Gasteiger partial charge is 0.115 e. The first-order valence-electron chi connectivity index (χ1n) is 6.80. The van der Waals surface area contributed by atoms with Gasteiger partial charge in [0, 0.05) is 65.4 Å². The molecule has 174 valence electrons. The van der Waals surface area contributed by atoms with Gasteiger partial charge < -0.3 is 25.1 Å². The molecule has 2 aromatic rings. The van der Waals surface area contributed by atoms with Crippen LogP contribution in [0.15, 0.2) is 48.5 Å². The molecule has 0 heterocycles. The maximum atomic E-state index is 9.13. The fourth-order valence-electron chi connectivity index (χ4n) is 1.46. The molecule has 29 heavy (non-hydrogen) atoms. The van der Waals surface area contributed by atoms with Crippen LogP contribution in [0.2, 0.25) is 0 Å². The van der Waals surface area contributed by atoms with Crippen LogP contribution in [-0.2, 0) is 71.8 Å². The van der Waals surface area contributed by atoms with Crippen LogP contribution in [0, 0.1) is 14.9 Å². The van der Waals surface area contributed by atoms with Gasteiger partial charge in [-0.05, 0) is 41.8 Å². The fourth-order valence-corrected chi connectivity index (χ4v) is 1.46. The Hall–Kier alpha value is 0.248. The minimum Gasteiger partial charge on any atom is -0.508 e. The molecular weight excluding hydrogens is 510 g/mol. The van der Waals surface area contributed by atoms with Crippen LogP contribution in [0.3, 0.4) is 0 Å². The van der Waals surface area contributed by atoms with Crippen LogP contribution < -0.4 is 0 Å². The zero-order valence-corrected chi connectivity index (χ0v) is 21.1. The second-order valence-electron chi connectivity index (χ2n) is 3.51. The molecule has 4 heteroatoms.